The van der Waals surface area contributed by atoms with Gasteiger partial charge in [0.15, 0.2) is 5.11 Å². The fourth-order valence-corrected chi connectivity index (χ4v) is 3.86. The van der Waals surface area contributed by atoms with Crippen LogP contribution in [0.5, 0.6) is 5.88 Å². The van der Waals surface area contributed by atoms with Crippen molar-refractivity contribution >= 4 is 67.7 Å². The van der Waals surface area contributed by atoms with Crippen molar-refractivity contribution in [3.05, 3.63) is 64.9 Å². The first kappa shape index (κ1) is 22.0. The maximum atomic E-state index is 12.5. The van der Waals surface area contributed by atoms with Gasteiger partial charge < -0.3 is 15.4 Å². The van der Waals surface area contributed by atoms with Crippen LogP contribution in [0.15, 0.2) is 59.8 Å². The van der Waals surface area contributed by atoms with Crippen LogP contribution >= 0.6 is 35.4 Å². The standard InChI is InChI=1S/C18H15Cl2N5O3S2/c1-28-17-9-16(21-10-22-17)25-30(26,27)13-5-3-12(4-6-13)23-18(29)24-15-8-11(19)2-7-14(15)20/h2-10H,1H3,(H,21,22,25)(H2,23,24,29). The van der Waals surface area contributed by atoms with Crippen LogP contribution in [0.3, 0.4) is 0 Å². The van der Waals surface area contributed by atoms with Gasteiger partial charge in [-0.2, -0.15) is 0 Å². The quantitative estimate of drug-likeness (QED) is 0.443. The molecule has 8 nitrogen and oxygen atoms in total. The first-order chi connectivity index (χ1) is 14.3. The number of hydrogen-bond donors (Lipinski definition) is 3. The summed E-state index contributed by atoms with van der Waals surface area (Å²) in [5, 5.41) is 7.11. The molecule has 12 heteroatoms. The Morgan fingerprint density at radius 2 is 1.77 bits per heavy atom. The summed E-state index contributed by atoms with van der Waals surface area (Å²) in [6.07, 6.45) is 1.20. The highest BCUT2D eigenvalue weighted by Crippen LogP contribution is 2.26. The van der Waals surface area contributed by atoms with Crippen molar-refractivity contribution in [3.8, 4) is 5.88 Å². The van der Waals surface area contributed by atoms with E-state index in [1.54, 1.807) is 30.3 Å². The third kappa shape index (κ3) is 5.70. The van der Waals surface area contributed by atoms with E-state index in [1.165, 1.54) is 31.6 Å². The summed E-state index contributed by atoms with van der Waals surface area (Å²) in [5.74, 6) is 0.330. The molecule has 0 saturated carbocycles. The number of aromatic nitrogens is 2. The third-order valence-electron chi connectivity index (χ3n) is 3.69. The average Bonchev–Trinajstić information content (AvgIpc) is 2.71. The maximum absolute atomic E-state index is 12.5. The van der Waals surface area contributed by atoms with Gasteiger partial charge in [-0.15, -0.1) is 0 Å². The molecule has 0 saturated heterocycles. The normalized spacial score (nSPS) is 10.9. The van der Waals surface area contributed by atoms with Crippen molar-refractivity contribution in [2.45, 2.75) is 4.90 Å². The molecule has 3 N–H and O–H groups in total. The zero-order valence-electron chi connectivity index (χ0n) is 15.4. The van der Waals surface area contributed by atoms with E-state index < -0.39 is 10.0 Å². The molecule has 0 atom stereocenters. The molecule has 0 amide bonds. The van der Waals surface area contributed by atoms with Crippen LogP contribution < -0.4 is 20.1 Å². The summed E-state index contributed by atoms with van der Waals surface area (Å²) in [7, 11) is -2.42. The van der Waals surface area contributed by atoms with Crippen molar-refractivity contribution in [3.63, 3.8) is 0 Å². The molecule has 0 aliphatic carbocycles. The molecule has 30 heavy (non-hydrogen) atoms. The molecular weight excluding hydrogens is 469 g/mol. The Balaban J connectivity index is 1.67. The number of halogens is 2. The minimum atomic E-state index is -3.85. The molecule has 1 heterocycles. The Kier molecular flexibility index (Phi) is 6.93. The van der Waals surface area contributed by atoms with E-state index in [1.807, 2.05) is 0 Å². The number of sulfonamides is 1. The average molecular weight is 484 g/mol. The van der Waals surface area contributed by atoms with Crippen LogP contribution in [0.2, 0.25) is 10.0 Å². The molecule has 3 aromatic rings. The Labute approximate surface area is 188 Å². The molecule has 0 aliphatic heterocycles. The van der Waals surface area contributed by atoms with Gasteiger partial charge in [0.1, 0.15) is 12.1 Å². The number of nitrogens with zero attached hydrogens (tertiary/aromatic N) is 2. The van der Waals surface area contributed by atoms with Crippen molar-refractivity contribution in [1.82, 2.24) is 9.97 Å². The fraction of sp³-hybridized carbons (Fsp3) is 0.0556. The zero-order chi connectivity index (χ0) is 21.7. The van der Waals surface area contributed by atoms with Crippen molar-refractivity contribution in [2.75, 3.05) is 22.5 Å². The third-order valence-corrected chi connectivity index (χ3v) is 5.83. The Hall–Kier alpha value is -2.66. The lowest BCUT2D eigenvalue weighted by Crippen LogP contribution is -2.19. The molecular formula is C18H15Cl2N5O3S2. The number of thiocarbonyl (C=S) groups is 1. The summed E-state index contributed by atoms with van der Waals surface area (Å²) in [6, 6.07) is 12.3. The lowest BCUT2D eigenvalue weighted by atomic mass is 10.3. The van der Waals surface area contributed by atoms with E-state index in [2.05, 4.69) is 25.3 Å². The summed E-state index contributed by atoms with van der Waals surface area (Å²) in [6.45, 7) is 0. The van der Waals surface area contributed by atoms with E-state index in [0.717, 1.165) is 0 Å². The molecule has 156 valence electrons. The number of hydrogen-bond acceptors (Lipinski definition) is 6. The highest BCUT2D eigenvalue weighted by atomic mass is 35.5. The minimum Gasteiger partial charge on any atom is -0.481 e. The highest BCUT2D eigenvalue weighted by molar-refractivity contribution is 7.92. The molecule has 0 radical (unpaired) electrons. The molecule has 1 aromatic heterocycles. The minimum absolute atomic E-state index is 0.0439. The second kappa shape index (κ2) is 9.43. The molecule has 0 unspecified atom stereocenters. The first-order valence-corrected chi connectivity index (χ1v) is 10.9. The summed E-state index contributed by atoms with van der Waals surface area (Å²) < 4.78 is 32.4. The van der Waals surface area contributed by atoms with Crippen LogP contribution in [0, 0.1) is 0 Å². The van der Waals surface area contributed by atoms with Gasteiger partial charge in [0.2, 0.25) is 5.88 Å². The van der Waals surface area contributed by atoms with Crippen LogP contribution in [0.4, 0.5) is 17.2 Å². The second-order valence-corrected chi connectivity index (χ2v) is 8.71. The number of nitrogens with one attached hydrogen (secondary N) is 3. The molecule has 2 aromatic carbocycles. The van der Waals surface area contributed by atoms with E-state index in [4.69, 9.17) is 40.2 Å². The topological polar surface area (TPSA) is 105 Å². The lowest BCUT2D eigenvalue weighted by molar-refractivity contribution is 0.397. The van der Waals surface area contributed by atoms with Gasteiger partial charge in [0, 0.05) is 16.8 Å². The first-order valence-electron chi connectivity index (χ1n) is 8.29. The van der Waals surface area contributed by atoms with E-state index in [0.29, 0.717) is 21.4 Å². The summed E-state index contributed by atoms with van der Waals surface area (Å²) in [5.41, 5.74) is 1.12. The van der Waals surface area contributed by atoms with E-state index in [9.17, 15) is 8.42 Å². The van der Waals surface area contributed by atoms with Gasteiger partial charge in [-0.25, -0.2) is 18.4 Å². The van der Waals surface area contributed by atoms with Gasteiger partial charge in [-0.1, -0.05) is 23.2 Å². The second-order valence-electron chi connectivity index (χ2n) is 5.78. The summed E-state index contributed by atoms with van der Waals surface area (Å²) in [4.78, 5) is 7.74. The number of anilines is 3. The Morgan fingerprint density at radius 1 is 1.03 bits per heavy atom. The molecule has 0 spiro atoms. The van der Waals surface area contributed by atoms with E-state index in [-0.39, 0.29) is 21.7 Å². The van der Waals surface area contributed by atoms with Crippen LogP contribution in [-0.4, -0.2) is 30.6 Å². The van der Waals surface area contributed by atoms with Crippen LogP contribution in [0.25, 0.3) is 0 Å². The number of ether oxygens (including phenoxy) is 1. The molecule has 0 aliphatic rings. The van der Waals surface area contributed by atoms with Crippen LogP contribution in [0.1, 0.15) is 0 Å². The highest BCUT2D eigenvalue weighted by Gasteiger charge is 2.15. The van der Waals surface area contributed by atoms with Crippen molar-refractivity contribution in [2.24, 2.45) is 0 Å². The SMILES string of the molecule is COc1cc(NS(=O)(=O)c2ccc(NC(=S)Nc3cc(Cl)ccc3Cl)cc2)ncn1. The van der Waals surface area contributed by atoms with Gasteiger partial charge >= 0.3 is 0 Å². The van der Waals surface area contributed by atoms with Crippen LogP contribution in [-0.2, 0) is 10.0 Å². The van der Waals surface area contributed by atoms with Gasteiger partial charge in [-0.05, 0) is 54.7 Å². The maximum Gasteiger partial charge on any atom is 0.263 e. The fourth-order valence-electron chi connectivity index (χ4n) is 2.30. The summed E-state index contributed by atoms with van der Waals surface area (Å²) >= 11 is 17.3. The molecule has 0 fully saturated rings. The predicted molar refractivity (Wildman–Crippen MR) is 122 cm³/mol. The Morgan fingerprint density at radius 3 is 2.47 bits per heavy atom. The molecule has 0 bridgehead atoms. The van der Waals surface area contributed by atoms with Crippen molar-refractivity contribution < 1.29 is 13.2 Å². The van der Waals surface area contributed by atoms with Crippen molar-refractivity contribution in [1.29, 1.82) is 0 Å². The lowest BCUT2D eigenvalue weighted by Gasteiger charge is -2.13. The van der Waals surface area contributed by atoms with E-state index >= 15 is 0 Å². The largest absolute Gasteiger partial charge is 0.481 e. The number of methoxy groups -OCH3 is 1. The number of rotatable bonds is 6. The predicted octanol–water partition coefficient (Wildman–Crippen LogP) is 4.40. The number of benzene rings is 2. The monoisotopic (exact) mass is 483 g/mol. The Bertz CT molecular complexity index is 1170. The van der Waals surface area contributed by atoms with Gasteiger partial charge in [0.05, 0.1) is 22.7 Å². The molecule has 3 rings (SSSR count). The van der Waals surface area contributed by atoms with Gasteiger partial charge in [0.25, 0.3) is 10.0 Å². The smallest absolute Gasteiger partial charge is 0.263 e. The zero-order valence-corrected chi connectivity index (χ0v) is 18.5. The van der Waals surface area contributed by atoms with Gasteiger partial charge in [-0.3, -0.25) is 4.72 Å².